The van der Waals surface area contributed by atoms with Crippen LogP contribution in [0.4, 0.5) is 0 Å². The second kappa shape index (κ2) is 7.73. The zero-order chi connectivity index (χ0) is 15.7. The number of amides is 1. The van der Waals surface area contributed by atoms with Gasteiger partial charge in [-0.2, -0.15) is 0 Å². The maximum atomic E-state index is 12.4. The zero-order valence-corrected chi connectivity index (χ0v) is 15.1. The molecule has 23 heavy (non-hydrogen) atoms. The van der Waals surface area contributed by atoms with Crippen LogP contribution in [0.5, 0.6) is 5.75 Å². The van der Waals surface area contributed by atoms with Crippen LogP contribution in [0.15, 0.2) is 18.2 Å². The molecule has 2 bridgehead atoms. The minimum absolute atomic E-state index is 0. The summed E-state index contributed by atoms with van der Waals surface area (Å²) in [7, 11) is 1.90. The Kier molecular flexibility index (Phi) is 6.18. The van der Waals surface area contributed by atoms with Gasteiger partial charge in [-0.3, -0.25) is 4.79 Å². The fourth-order valence-electron chi connectivity index (χ4n) is 3.50. The summed E-state index contributed by atoms with van der Waals surface area (Å²) in [5.41, 5.74) is 0.954. The number of hydrogen-bond donors (Lipinski definition) is 1. The third-order valence-electron chi connectivity index (χ3n) is 4.88. The Morgan fingerprint density at radius 3 is 2.61 bits per heavy atom. The van der Waals surface area contributed by atoms with E-state index in [1.165, 1.54) is 12.8 Å². The summed E-state index contributed by atoms with van der Waals surface area (Å²) in [6.07, 6.45) is 4.59. The van der Waals surface area contributed by atoms with E-state index in [-0.39, 0.29) is 24.9 Å². The van der Waals surface area contributed by atoms with E-state index in [9.17, 15) is 4.79 Å². The smallest absolute Gasteiger partial charge is 0.260 e. The van der Waals surface area contributed by atoms with Gasteiger partial charge in [-0.05, 0) is 56.4 Å². The number of nitrogens with one attached hydrogen (secondary N) is 1. The van der Waals surface area contributed by atoms with Crippen molar-refractivity contribution in [2.45, 2.75) is 50.7 Å². The van der Waals surface area contributed by atoms with Crippen molar-refractivity contribution in [3.63, 3.8) is 0 Å². The molecule has 2 unspecified atom stereocenters. The molecule has 0 aliphatic carbocycles. The van der Waals surface area contributed by atoms with Gasteiger partial charge in [-0.1, -0.05) is 11.6 Å². The second-order valence-electron chi connectivity index (χ2n) is 6.47. The fraction of sp³-hybridized carbons (Fsp3) is 0.588. The minimum atomic E-state index is 0. The molecule has 0 saturated carbocycles. The van der Waals surface area contributed by atoms with Crippen LogP contribution in [-0.4, -0.2) is 42.6 Å². The van der Waals surface area contributed by atoms with Gasteiger partial charge in [0.25, 0.3) is 5.91 Å². The number of halogens is 2. The van der Waals surface area contributed by atoms with Gasteiger partial charge < -0.3 is 15.0 Å². The highest BCUT2D eigenvalue weighted by atomic mass is 35.5. The number of hydrogen-bond acceptors (Lipinski definition) is 3. The molecule has 3 rings (SSSR count). The number of carbonyl (C=O) groups is 1. The van der Waals surface area contributed by atoms with Crippen molar-refractivity contribution in [1.82, 2.24) is 10.2 Å². The average molecular weight is 359 g/mol. The van der Waals surface area contributed by atoms with Gasteiger partial charge in [0.05, 0.1) is 0 Å². The summed E-state index contributed by atoms with van der Waals surface area (Å²) >= 11 is 5.99. The van der Waals surface area contributed by atoms with E-state index in [0.29, 0.717) is 28.9 Å². The van der Waals surface area contributed by atoms with E-state index in [2.05, 4.69) is 5.32 Å². The Hall–Kier alpha value is -0.970. The lowest BCUT2D eigenvalue weighted by Gasteiger charge is -2.35. The highest BCUT2D eigenvalue weighted by Crippen LogP contribution is 2.29. The number of ether oxygens (including phenoxy) is 1. The zero-order valence-electron chi connectivity index (χ0n) is 13.5. The average Bonchev–Trinajstić information content (AvgIpc) is 2.85. The fourth-order valence-corrected chi connectivity index (χ4v) is 3.62. The molecule has 1 aromatic rings. The monoisotopic (exact) mass is 358 g/mol. The molecular weight excluding hydrogens is 335 g/mol. The molecule has 2 aliphatic heterocycles. The summed E-state index contributed by atoms with van der Waals surface area (Å²) in [4.78, 5) is 14.2. The molecule has 1 amide bonds. The molecule has 2 atom stereocenters. The van der Waals surface area contributed by atoms with Crippen molar-refractivity contribution in [3.8, 4) is 5.75 Å². The van der Waals surface area contributed by atoms with Gasteiger partial charge in [0.15, 0.2) is 6.61 Å². The summed E-state index contributed by atoms with van der Waals surface area (Å²) in [5.74, 6) is 0.730. The Bertz CT molecular complexity index is 556. The van der Waals surface area contributed by atoms with Crippen molar-refractivity contribution in [2.75, 3.05) is 13.7 Å². The standard InChI is InChI=1S/C17H23ClN2O2.ClH/c1-11-7-15(5-6-16(11)18)22-10-17(21)20(2)14-8-12-3-4-13(9-14)19-12;/h5-7,12-14,19H,3-4,8-10H2,1-2H3;1H. The van der Waals surface area contributed by atoms with Crippen molar-refractivity contribution in [3.05, 3.63) is 28.8 Å². The summed E-state index contributed by atoms with van der Waals surface area (Å²) in [6.45, 7) is 2.00. The molecule has 1 N–H and O–H groups in total. The van der Waals surface area contributed by atoms with E-state index in [1.54, 1.807) is 12.1 Å². The molecule has 1 aromatic carbocycles. The minimum Gasteiger partial charge on any atom is -0.484 e. The van der Waals surface area contributed by atoms with Gasteiger partial charge in [-0.15, -0.1) is 12.4 Å². The lowest BCUT2D eigenvalue weighted by Crippen LogP contribution is -2.49. The van der Waals surface area contributed by atoms with Crippen molar-refractivity contribution in [1.29, 1.82) is 0 Å². The maximum absolute atomic E-state index is 12.4. The second-order valence-corrected chi connectivity index (χ2v) is 6.87. The maximum Gasteiger partial charge on any atom is 0.260 e. The van der Waals surface area contributed by atoms with Crippen LogP contribution in [-0.2, 0) is 4.79 Å². The van der Waals surface area contributed by atoms with Gasteiger partial charge >= 0.3 is 0 Å². The van der Waals surface area contributed by atoms with E-state index >= 15 is 0 Å². The Balaban J connectivity index is 0.00000192. The molecule has 0 spiro atoms. The normalized spacial score (nSPS) is 25.6. The molecule has 2 saturated heterocycles. The van der Waals surface area contributed by atoms with E-state index < -0.39 is 0 Å². The van der Waals surface area contributed by atoms with E-state index in [1.807, 2.05) is 24.9 Å². The third-order valence-corrected chi connectivity index (χ3v) is 5.31. The van der Waals surface area contributed by atoms with Crippen LogP contribution in [0.3, 0.4) is 0 Å². The number of likely N-dealkylation sites (N-methyl/N-ethyl adjacent to an activating group) is 1. The molecule has 6 heteroatoms. The molecule has 128 valence electrons. The first kappa shape index (κ1) is 18.4. The molecular formula is C17H24Cl2N2O2. The molecule has 4 nitrogen and oxygen atoms in total. The third kappa shape index (κ3) is 4.31. The summed E-state index contributed by atoms with van der Waals surface area (Å²) < 4.78 is 5.62. The predicted molar refractivity (Wildman–Crippen MR) is 94.7 cm³/mol. The molecule has 2 aliphatic rings. The van der Waals surface area contributed by atoms with Crippen LogP contribution in [0.25, 0.3) is 0 Å². The van der Waals surface area contributed by atoms with E-state index in [0.717, 1.165) is 18.4 Å². The number of fused-ring (bicyclic) bond motifs is 2. The predicted octanol–water partition coefficient (Wildman–Crippen LogP) is 3.19. The van der Waals surface area contributed by atoms with Gasteiger partial charge in [-0.25, -0.2) is 0 Å². The number of aryl methyl sites for hydroxylation is 1. The molecule has 2 fully saturated rings. The van der Waals surface area contributed by atoms with Gasteiger partial charge in [0.2, 0.25) is 0 Å². The quantitative estimate of drug-likeness (QED) is 0.898. The van der Waals surface area contributed by atoms with Crippen molar-refractivity contribution in [2.24, 2.45) is 0 Å². The Morgan fingerprint density at radius 2 is 2.00 bits per heavy atom. The first-order valence-electron chi connectivity index (χ1n) is 7.93. The van der Waals surface area contributed by atoms with Crippen LogP contribution < -0.4 is 10.1 Å². The lowest BCUT2D eigenvalue weighted by atomic mass is 9.98. The van der Waals surface area contributed by atoms with Crippen LogP contribution in [0, 0.1) is 6.92 Å². The van der Waals surface area contributed by atoms with Crippen molar-refractivity contribution >= 4 is 29.9 Å². The summed E-state index contributed by atoms with van der Waals surface area (Å²) in [5, 5.41) is 4.31. The highest BCUT2D eigenvalue weighted by Gasteiger charge is 2.36. The Morgan fingerprint density at radius 1 is 1.35 bits per heavy atom. The topological polar surface area (TPSA) is 41.6 Å². The number of benzene rings is 1. The number of carbonyl (C=O) groups excluding carboxylic acids is 1. The van der Waals surface area contributed by atoms with Crippen LogP contribution >= 0.6 is 24.0 Å². The van der Waals surface area contributed by atoms with Gasteiger partial charge in [0, 0.05) is 30.2 Å². The number of rotatable bonds is 4. The van der Waals surface area contributed by atoms with E-state index in [4.69, 9.17) is 16.3 Å². The number of piperidine rings is 1. The van der Waals surface area contributed by atoms with Gasteiger partial charge in [0.1, 0.15) is 5.75 Å². The van der Waals surface area contributed by atoms with Crippen molar-refractivity contribution < 1.29 is 9.53 Å². The number of nitrogens with zero attached hydrogens (tertiary/aromatic N) is 1. The van der Waals surface area contributed by atoms with Crippen LogP contribution in [0.1, 0.15) is 31.2 Å². The molecule has 0 radical (unpaired) electrons. The summed E-state index contributed by atoms with van der Waals surface area (Å²) in [6, 6.07) is 6.96. The molecule has 2 heterocycles. The SMILES string of the molecule is Cc1cc(OCC(=O)N(C)C2CC3CCC(C2)N3)ccc1Cl.Cl. The highest BCUT2D eigenvalue weighted by molar-refractivity contribution is 6.31. The van der Waals surface area contributed by atoms with Crippen LogP contribution in [0.2, 0.25) is 5.02 Å². The first-order valence-corrected chi connectivity index (χ1v) is 8.31. The Labute approximate surface area is 148 Å². The first-order chi connectivity index (χ1) is 10.5. The largest absolute Gasteiger partial charge is 0.484 e. The lowest BCUT2D eigenvalue weighted by molar-refractivity contribution is -0.134. The molecule has 0 aromatic heterocycles.